The van der Waals surface area contributed by atoms with Gasteiger partial charge in [0.1, 0.15) is 11.8 Å². The van der Waals surface area contributed by atoms with E-state index in [1.54, 1.807) is 19.2 Å². The molecule has 0 aliphatic heterocycles. The molecule has 3 N–H and O–H groups in total. The molecule has 0 aliphatic carbocycles. The molecule has 0 aliphatic rings. The van der Waals surface area contributed by atoms with E-state index in [4.69, 9.17) is 10.5 Å². The lowest BCUT2D eigenvalue weighted by atomic mass is 10.2. The van der Waals surface area contributed by atoms with Crippen molar-refractivity contribution in [3.8, 4) is 5.75 Å². The van der Waals surface area contributed by atoms with Crippen molar-refractivity contribution in [1.82, 2.24) is 0 Å². The Kier molecular flexibility index (Phi) is 4.57. The number of nitrogens with two attached hydrogens (primary N) is 1. The Balaban J connectivity index is 2.14. The average Bonchev–Trinajstić information content (AvgIpc) is 2.94. The Bertz CT molecular complexity index is 572. The number of hydrogen-bond acceptors (Lipinski definition) is 4. The highest BCUT2D eigenvalue weighted by Crippen LogP contribution is 2.28. The monoisotopic (exact) mass is 340 g/mol. The number of ether oxygens (including phenoxy) is 1. The molecule has 100 valence electrons. The standard InChI is InChI=1S/C13H13BrN2O2S/c1-18-8-4-5-9(14)10(7-8)16-13(17)12(15)11-3-2-6-19-11/h2-7,12H,15H2,1H3,(H,16,17). The van der Waals surface area contributed by atoms with Crippen molar-refractivity contribution in [3.63, 3.8) is 0 Å². The molecule has 1 unspecified atom stereocenters. The van der Waals surface area contributed by atoms with Crippen molar-refractivity contribution in [2.45, 2.75) is 6.04 Å². The van der Waals surface area contributed by atoms with Crippen molar-refractivity contribution >= 4 is 38.9 Å². The minimum Gasteiger partial charge on any atom is -0.497 e. The van der Waals surface area contributed by atoms with E-state index >= 15 is 0 Å². The molecule has 19 heavy (non-hydrogen) atoms. The Labute approximate surface area is 123 Å². The third kappa shape index (κ3) is 3.34. The van der Waals surface area contributed by atoms with E-state index in [-0.39, 0.29) is 5.91 Å². The number of benzene rings is 1. The van der Waals surface area contributed by atoms with Crippen LogP contribution in [0.15, 0.2) is 40.2 Å². The maximum Gasteiger partial charge on any atom is 0.246 e. The molecule has 0 fully saturated rings. The normalized spacial score (nSPS) is 11.9. The van der Waals surface area contributed by atoms with Gasteiger partial charge in [0.15, 0.2) is 0 Å². The lowest BCUT2D eigenvalue weighted by Crippen LogP contribution is -2.27. The second-order valence-corrected chi connectivity index (χ2v) is 5.66. The van der Waals surface area contributed by atoms with E-state index in [0.717, 1.165) is 9.35 Å². The maximum atomic E-state index is 12.1. The van der Waals surface area contributed by atoms with Gasteiger partial charge in [0.2, 0.25) is 5.91 Å². The highest BCUT2D eigenvalue weighted by molar-refractivity contribution is 9.10. The van der Waals surface area contributed by atoms with Gasteiger partial charge < -0.3 is 15.8 Å². The van der Waals surface area contributed by atoms with Crippen LogP contribution in [0, 0.1) is 0 Å². The van der Waals surface area contributed by atoms with E-state index in [1.807, 2.05) is 23.6 Å². The highest BCUT2D eigenvalue weighted by atomic mass is 79.9. The molecule has 0 radical (unpaired) electrons. The summed E-state index contributed by atoms with van der Waals surface area (Å²) in [5.74, 6) is 0.416. The number of hydrogen-bond donors (Lipinski definition) is 2. The van der Waals surface area contributed by atoms with E-state index in [0.29, 0.717) is 11.4 Å². The third-order valence-corrected chi connectivity index (χ3v) is 4.21. The van der Waals surface area contributed by atoms with E-state index in [9.17, 15) is 4.79 Å². The van der Waals surface area contributed by atoms with E-state index < -0.39 is 6.04 Å². The fourth-order valence-corrected chi connectivity index (χ4v) is 2.61. The van der Waals surface area contributed by atoms with Gasteiger partial charge in [-0.2, -0.15) is 0 Å². The molecule has 0 spiro atoms. The van der Waals surface area contributed by atoms with Gasteiger partial charge in [-0.25, -0.2) is 0 Å². The number of nitrogens with one attached hydrogen (secondary N) is 1. The van der Waals surface area contributed by atoms with Crippen molar-refractivity contribution in [1.29, 1.82) is 0 Å². The van der Waals surface area contributed by atoms with Crippen LogP contribution in [0.5, 0.6) is 5.75 Å². The topological polar surface area (TPSA) is 64.3 Å². The largest absolute Gasteiger partial charge is 0.497 e. The van der Waals surface area contributed by atoms with Crippen LogP contribution in [0.25, 0.3) is 0 Å². The molecule has 2 rings (SSSR count). The quantitative estimate of drug-likeness (QED) is 0.898. The molecule has 4 nitrogen and oxygen atoms in total. The summed E-state index contributed by atoms with van der Waals surface area (Å²) in [7, 11) is 1.58. The van der Waals surface area contributed by atoms with Crippen LogP contribution in [0.4, 0.5) is 5.69 Å². The minimum absolute atomic E-state index is 0.253. The number of carbonyl (C=O) groups is 1. The van der Waals surface area contributed by atoms with Crippen molar-refractivity contribution in [3.05, 3.63) is 45.1 Å². The summed E-state index contributed by atoms with van der Waals surface area (Å²) < 4.78 is 5.90. The van der Waals surface area contributed by atoms with Gasteiger partial charge in [-0.3, -0.25) is 4.79 Å². The predicted octanol–water partition coefficient (Wildman–Crippen LogP) is 3.16. The SMILES string of the molecule is COc1ccc(Br)c(NC(=O)C(N)c2cccs2)c1. The number of halogens is 1. The molecule has 1 atom stereocenters. The van der Waals surface area contributed by atoms with Gasteiger partial charge in [-0.1, -0.05) is 6.07 Å². The highest BCUT2D eigenvalue weighted by Gasteiger charge is 2.17. The zero-order valence-corrected chi connectivity index (χ0v) is 12.6. The fourth-order valence-electron chi connectivity index (χ4n) is 1.54. The lowest BCUT2D eigenvalue weighted by molar-refractivity contribution is -0.117. The Morgan fingerprint density at radius 1 is 1.47 bits per heavy atom. The molecule has 2 aromatic rings. The van der Waals surface area contributed by atoms with Crippen molar-refractivity contribution in [2.24, 2.45) is 5.73 Å². The van der Waals surface area contributed by atoms with Crippen LogP contribution in [-0.4, -0.2) is 13.0 Å². The van der Waals surface area contributed by atoms with Gasteiger partial charge in [-0.05, 0) is 39.5 Å². The molecule has 6 heteroatoms. The Hall–Kier alpha value is -1.37. The number of anilines is 1. The Morgan fingerprint density at radius 3 is 2.89 bits per heavy atom. The van der Waals surface area contributed by atoms with Crippen LogP contribution >= 0.6 is 27.3 Å². The van der Waals surface area contributed by atoms with Gasteiger partial charge in [0.05, 0.1) is 12.8 Å². The summed E-state index contributed by atoms with van der Waals surface area (Å²) in [4.78, 5) is 12.9. The second-order valence-electron chi connectivity index (χ2n) is 3.83. The van der Waals surface area contributed by atoms with Crippen molar-refractivity contribution < 1.29 is 9.53 Å². The molecular formula is C13H13BrN2O2S. The number of carbonyl (C=O) groups excluding carboxylic acids is 1. The first-order valence-corrected chi connectivity index (χ1v) is 7.22. The van der Waals surface area contributed by atoms with Crippen LogP contribution in [0.2, 0.25) is 0 Å². The molecule has 1 amide bonds. The maximum absolute atomic E-state index is 12.1. The molecule has 0 saturated carbocycles. The summed E-state index contributed by atoms with van der Waals surface area (Å²) in [6.07, 6.45) is 0. The zero-order valence-electron chi connectivity index (χ0n) is 10.2. The first-order valence-electron chi connectivity index (χ1n) is 5.55. The third-order valence-electron chi connectivity index (χ3n) is 2.56. The van der Waals surface area contributed by atoms with Gasteiger partial charge >= 0.3 is 0 Å². The smallest absolute Gasteiger partial charge is 0.246 e. The Morgan fingerprint density at radius 2 is 2.26 bits per heavy atom. The lowest BCUT2D eigenvalue weighted by Gasteiger charge is -2.13. The summed E-state index contributed by atoms with van der Waals surface area (Å²) >= 11 is 4.84. The minimum atomic E-state index is -0.668. The molecule has 1 heterocycles. The first-order chi connectivity index (χ1) is 9.11. The predicted molar refractivity (Wildman–Crippen MR) is 80.6 cm³/mol. The van der Waals surface area contributed by atoms with Crippen LogP contribution in [-0.2, 0) is 4.79 Å². The second kappa shape index (κ2) is 6.18. The van der Waals surface area contributed by atoms with Crippen LogP contribution in [0.3, 0.4) is 0 Å². The summed E-state index contributed by atoms with van der Waals surface area (Å²) in [6, 6.07) is 8.40. The molecule has 0 bridgehead atoms. The van der Waals surface area contributed by atoms with Crippen molar-refractivity contribution in [2.75, 3.05) is 12.4 Å². The number of amides is 1. The van der Waals surface area contributed by atoms with E-state index in [2.05, 4.69) is 21.2 Å². The summed E-state index contributed by atoms with van der Waals surface area (Å²) in [5.41, 5.74) is 6.54. The molecular weight excluding hydrogens is 328 g/mol. The molecule has 1 aromatic heterocycles. The first kappa shape index (κ1) is 14.0. The molecule has 1 aromatic carbocycles. The van der Waals surface area contributed by atoms with Gasteiger partial charge in [-0.15, -0.1) is 11.3 Å². The zero-order chi connectivity index (χ0) is 13.8. The number of methoxy groups -OCH3 is 1. The number of rotatable bonds is 4. The van der Waals surface area contributed by atoms with Gasteiger partial charge in [0, 0.05) is 15.4 Å². The average molecular weight is 341 g/mol. The van der Waals surface area contributed by atoms with E-state index in [1.165, 1.54) is 11.3 Å². The fraction of sp³-hybridized carbons (Fsp3) is 0.154. The number of thiophene rings is 1. The van der Waals surface area contributed by atoms with Crippen LogP contribution in [0.1, 0.15) is 10.9 Å². The summed E-state index contributed by atoms with van der Waals surface area (Å²) in [6.45, 7) is 0. The van der Waals surface area contributed by atoms with Gasteiger partial charge in [0.25, 0.3) is 0 Å². The molecule has 0 saturated heterocycles. The summed E-state index contributed by atoms with van der Waals surface area (Å²) in [5, 5.41) is 4.68. The van der Waals surface area contributed by atoms with Crippen LogP contribution < -0.4 is 15.8 Å².